The van der Waals surface area contributed by atoms with E-state index in [4.69, 9.17) is 0 Å². The molecule has 2 rings (SSSR count). The van der Waals surface area contributed by atoms with E-state index in [0.29, 0.717) is 24.4 Å². The maximum Gasteiger partial charge on any atom is 0.340 e. The predicted octanol–water partition coefficient (Wildman–Crippen LogP) is 2.76. The fraction of sp³-hybridized carbons (Fsp3) is 0.500. The van der Waals surface area contributed by atoms with E-state index in [0.717, 1.165) is 19.4 Å². The molecule has 0 aromatic heterocycles. The van der Waals surface area contributed by atoms with Gasteiger partial charge in [0.05, 0.1) is 12.7 Å². The average molecular weight is 293 g/mol. The summed E-state index contributed by atoms with van der Waals surface area (Å²) in [5.41, 5.74) is 0.600. The van der Waals surface area contributed by atoms with Gasteiger partial charge in [0, 0.05) is 19.5 Å². The highest BCUT2D eigenvalue weighted by atomic mass is 19.1. The quantitative estimate of drug-likeness (QED) is 0.784. The van der Waals surface area contributed by atoms with Crippen LogP contribution in [0.3, 0.4) is 0 Å². The number of methoxy groups -OCH3 is 1. The van der Waals surface area contributed by atoms with E-state index >= 15 is 0 Å². The molecule has 21 heavy (non-hydrogen) atoms. The molecule has 0 N–H and O–H groups in total. The van der Waals surface area contributed by atoms with Gasteiger partial charge in [0.2, 0.25) is 5.91 Å². The third-order valence-corrected chi connectivity index (χ3v) is 3.80. The van der Waals surface area contributed by atoms with Crippen molar-refractivity contribution in [1.82, 2.24) is 4.90 Å². The molecule has 1 atom stereocenters. The molecule has 5 heteroatoms. The molecule has 0 spiro atoms. The maximum atomic E-state index is 13.9. The second kappa shape index (κ2) is 6.70. The van der Waals surface area contributed by atoms with Crippen molar-refractivity contribution >= 4 is 11.9 Å². The molecule has 1 aliphatic heterocycles. The van der Waals surface area contributed by atoms with E-state index in [-0.39, 0.29) is 11.5 Å². The molecule has 0 bridgehead atoms. The van der Waals surface area contributed by atoms with Gasteiger partial charge < -0.3 is 9.64 Å². The molecule has 1 aromatic rings. The Labute approximate surface area is 123 Å². The van der Waals surface area contributed by atoms with Crippen LogP contribution < -0.4 is 0 Å². The summed E-state index contributed by atoms with van der Waals surface area (Å²) >= 11 is 0. The number of hydrogen-bond acceptors (Lipinski definition) is 3. The first kappa shape index (κ1) is 15.5. The topological polar surface area (TPSA) is 46.6 Å². The number of ether oxygens (including phenoxy) is 1. The monoisotopic (exact) mass is 293 g/mol. The molecular formula is C16H20FNO3. The van der Waals surface area contributed by atoms with E-state index in [1.54, 1.807) is 11.0 Å². The van der Waals surface area contributed by atoms with E-state index in [1.165, 1.54) is 19.2 Å². The first-order valence-corrected chi connectivity index (χ1v) is 7.19. The molecule has 0 radical (unpaired) electrons. The van der Waals surface area contributed by atoms with E-state index in [9.17, 15) is 14.0 Å². The van der Waals surface area contributed by atoms with E-state index < -0.39 is 11.8 Å². The Hall–Kier alpha value is -1.91. The van der Waals surface area contributed by atoms with Gasteiger partial charge in [-0.05, 0) is 30.0 Å². The van der Waals surface area contributed by atoms with E-state index in [1.807, 2.05) is 0 Å². The zero-order valence-corrected chi connectivity index (χ0v) is 12.4. The molecule has 114 valence electrons. The van der Waals surface area contributed by atoms with Crippen LogP contribution in [0.15, 0.2) is 18.2 Å². The van der Waals surface area contributed by atoms with Crippen LogP contribution in [0.25, 0.3) is 0 Å². The van der Waals surface area contributed by atoms with Crippen molar-refractivity contribution in [1.29, 1.82) is 0 Å². The van der Waals surface area contributed by atoms with Crippen LogP contribution in [0, 0.1) is 11.7 Å². The Balaban J connectivity index is 2.05. The van der Waals surface area contributed by atoms with Gasteiger partial charge in [-0.25, -0.2) is 9.18 Å². The molecule has 0 aliphatic carbocycles. The SMILES string of the molecule is CCCC1CC(=O)N(Cc2ccc(C(=O)OC)c(F)c2)C1. The Morgan fingerprint density at radius 3 is 2.86 bits per heavy atom. The van der Waals surface area contributed by atoms with Crippen LogP contribution in [0.5, 0.6) is 0 Å². The van der Waals surface area contributed by atoms with Crippen molar-refractivity contribution in [2.45, 2.75) is 32.7 Å². The van der Waals surface area contributed by atoms with Crippen LogP contribution >= 0.6 is 0 Å². The molecule has 1 aliphatic rings. The zero-order valence-electron chi connectivity index (χ0n) is 12.4. The van der Waals surface area contributed by atoms with Gasteiger partial charge in [-0.2, -0.15) is 0 Å². The lowest BCUT2D eigenvalue weighted by Gasteiger charge is -2.17. The third-order valence-electron chi connectivity index (χ3n) is 3.80. The van der Waals surface area contributed by atoms with Crippen molar-refractivity contribution in [3.8, 4) is 0 Å². The number of nitrogens with zero attached hydrogens (tertiary/aromatic N) is 1. The number of halogens is 1. The number of likely N-dealkylation sites (tertiary alicyclic amines) is 1. The van der Waals surface area contributed by atoms with Crippen LogP contribution in [0.2, 0.25) is 0 Å². The highest BCUT2D eigenvalue weighted by molar-refractivity contribution is 5.89. The highest BCUT2D eigenvalue weighted by Gasteiger charge is 2.28. The fourth-order valence-corrected chi connectivity index (χ4v) is 2.76. The van der Waals surface area contributed by atoms with Crippen LogP contribution in [-0.2, 0) is 16.1 Å². The molecular weight excluding hydrogens is 273 g/mol. The molecule has 4 nitrogen and oxygen atoms in total. The molecule has 0 saturated carbocycles. The zero-order chi connectivity index (χ0) is 15.4. The van der Waals surface area contributed by atoms with Crippen molar-refractivity contribution in [2.75, 3.05) is 13.7 Å². The Morgan fingerprint density at radius 1 is 1.48 bits per heavy atom. The molecule has 1 saturated heterocycles. The average Bonchev–Trinajstić information content (AvgIpc) is 2.79. The Morgan fingerprint density at radius 2 is 2.24 bits per heavy atom. The van der Waals surface area contributed by atoms with Crippen molar-refractivity contribution < 1.29 is 18.7 Å². The second-order valence-corrected chi connectivity index (χ2v) is 5.44. The van der Waals surface area contributed by atoms with Crippen LogP contribution in [0.1, 0.15) is 42.1 Å². The first-order chi connectivity index (χ1) is 10.0. The number of rotatable bonds is 5. The summed E-state index contributed by atoms with van der Waals surface area (Å²) in [6.07, 6.45) is 2.68. The summed E-state index contributed by atoms with van der Waals surface area (Å²) < 4.78 is 18.4. The van der Waals surface area contributed by atoms with Gasteiger partial charge in [0.25, 0.3) is 0 Å². The summed E-state index contributed by atoms with van der Waals surface area (Å²) in [5, 5.41) is 0. The van der Waals surface area contributed by atoms with Crippen molar-refractivity contribution in [3.63, 3.8) is 0 Å². The summed E-state index contributed by atoms with van der Waals surface area (Å²) in [4.78, 5) is 25.0. The lowest BCUT2D eigenvalue weighted by molar-refractivity contribution is -0.128. The number of carbonyl (C=O) groups excluding carboxylic acids is 2. The van der Waals surface area contributed by atoms with Gasteiger partial charge in [-0.15, -0.1) is 0 Å². The molecule has 1 unspecified atom stereocenters. The van der Waals surface area contributed by atoms with Crippen LogP contribution in [-0.4, -0.2) is 30.4 Å². The summed E-state index contributed by atoms with van der Waals surface area (Å²) in [7, 11) is 1.21. The summed E-state index contributed by atoms with van der Waals surface area (Å²) in [6, 6.07) is 4.36. The standard InChI is InChI=1S/C16H20FNO3/c1-3-4-11-8-15(19)18(9-11)10-12-5-6-13(14(17)7-12)16(20)21-2/h5-7,11H,3-4,8-10H2,1-2H3. The summed E-state index contributed by atoms with van der Waals surface area (Å²) in [5.74, 6) is -0.789. The van der Waals surface area contributed by atoms with Crippen molar-refractivity contribution in [3.05, 3.63) is 35.1 Å². The fourth-order valence-electron chi connectivity index (χ4n) is 2.76. The maximum absolute atomic E-state index is 13.9. The Bertz CT molecular complexity index is 544. The number of hydrogen-bond donors (Lipinski definition) is 0. The smallest absolute Gasteiger partial charge is 0.340 e. The molecule has 1 amide bonds. The second-order valence-electron chi connectivity index (χ2n) is 5.44. The van der Waals surface area contributed by atoms with Gasteiger partial charge in [-0.3, -0.25) is 4.79 Å². The van der Waals surface area contributed by atoms with Crippen LogP contribution in [0.4, 0.5) is 4.39 Å². The number of amides is 1. The Kier molecular flexibility index (Phi) is 4.94. The molecule has 1 aromatic carbocycles. The lowest BCUT2D eigenvalue weighted by Crippen LogP contribution is -2.24. The van der Waals surface area contributed by atoms with Gasteiger partial charge >= 0.3 is 5.97 Å². The summed E-state index contributed by atoms with van der Waals surface area (Å²) in [6.45, 7) is 3.22. The molecule has 1 fully saturated rings. The lowest BCUT2D eigenvalue weighted by atomic mass is 10.0. The third kappa shape index (κ3) is 3.60. The largest absolute Gasteiger partial charge is 0.465 e. The van der Waals surface area contributed by atoms with Gasteiger partial charge in [0.1, 0.15) is 5.82 Å². The predicted molar refractivity (Wildman–Crippen MR) is 76.2 cm³/mol. The van der Waals surface area contributed by atoms with Gasteiger partial charge in [0.15, 0.2) is 0 Å². The minimum Gasteiger partial charge on any atom is -0.465 e. The number of carbonyl (C=O) groups is 2. The molecule has 1 heterocycles. The number of esters is 1. The number of benzene rings is 1. The van der Waals surface area contributed by atoms with Crippen molar-refractivity contribution in [2.24, 2.45) is 5.92 Å². The highest BCUT2D eigenvalue weighted by Crippen LogP contribution is 2.24. The first-order valence-electron chi connectivity index (χ1n) is 7.19. The van der Waals surface area contributed by atoms with Gasteiger partial charge in [-0.1, -0.05) is 19.4 Å². The van der Waals surface area contributed by atoms with E-state index in [2.05, 4.69) is 11.7 Å². The minimum absolute atomic E-state index is 0.0853. The normalized spacial score (nSPS) is 18.1. The minimum atomic E-state index is -0.695.